The highest BCUT2D eigenvalue weighted by Crippen LogP contribution is 2.32. The molecule has 0 aliphatic heterocycles. The topological polar surface area (TPSA) is 55.2 Å². The first kappa shape index (κ1) is 14.5. The van der Waals surface area contributed by atoms with E-state index in [-0.39, 0.29) is 10.6 Å². The van der Waals surface area contributed by atoms with Gasteiger partial charge in [-0.05, 0) is 37.8 Å². The van der Waals surface area contributed by atoms with Crippen LogP contribution in [0.2, 0.25) is 0 Å². The molecule has 1 aliphatic rings. The highest BCUT2D eigenvalue weighted by molar-refractivity contribution is 9.10. The van der Waals surface area contributed by atoms with Crippen LogP contribution in [0.25, 0.3) is 0 Å². The van der Waals surface area contributed by atoms with Crippen molar-refractivity contribution in [1.29, 1.82) is 0 Å². The number of benzene rings is 1. The van der Waals surface area contributed by atoms with Crippen LogP contribution in [0.3, 0.4) is 0 Å². The van der Waals surface area contributed by atoms with E-state index < -0.39 is 0 Å². The molecule has 1 aromatic rings. The summed E-state index contributed by atoms with van der Waals surface area (Å²) in [6.45, 7) is 3.07. The molecule has 4 nitrogen and oxygen atoms in total. The SMILES string of the molecule is CCNC1CCCC1Cc1ccc(Br)cc1[N+](=O)[O-]. The fourth-order valence-corrected chi connectivity index (χ4v) is 3.32. The molecule has 2 atom stereocenters. The van der Waals surface area contributed by atoms with Crippen molar-refractivity contribution < 1.29 is 4.92 Å². The zero-order valence-corrected chi connectivity index (χ0v) is 12.6. The Morgan fingerprint density at radius 3 is 2.95 bits per heavy atom. The third-order valence-electron chi connectivity index (χ3n) is 3.85. The van der Waals surface area contributed by atoms with Crippen molar-refractivity contribution in [2.24, 2.45) is 5.92 Å². The molecule has 19 heavy (non-hydrogen) atoms. The maximum atomic E-state index is 11.1. The van der Waals surface area contributed by atoms with Gasteiger partial charge in [0.2, 0.25) is 0 Å². The Bertz CT molecular complexity index is 465. The minimum absolute atomic E-state index is 0.233. The van der Waals surface area contributed by atoms with Gasteiger partial charge < -0.3 is 5.32 Å². The quantitative estimate of drug-likeness (QED) is 0.663. The predicted molar refractivity (Wildman–Crippen MR) is 79.3 cm³/mol. The third kappa shape index (κ3) is 3.54. The summed E-state index contributed by atoms with van der Waals surface area (Å²) in [5.74, 6) is 0.514. The Morgan fingerprint density at radius 1 is 1.47 bits per heavy atom. The fraction of sp³-hybridized carbons (Fsp3) is 0.571. The molecule has 0 spiro atoms. The average molecular weight is 327 g/mol. The lowest BCUT2D eigenvalue weighted by molar-refractivity contribution is -0.385. The van der Waals surface area contributed by atoms with Crippen LogP contribution in [0.1, 0.15) is 31.7 Å². The fourth-order valence-electron chi connectivity index (χ4n) is 2.97. The lowest BCUT2D eigenvalue weighted by Crippen LogP contribution is -2.33. The van der Waals surface area contributed by atoms with Crippen molar-refractivity contribution in [3.63, 3.8) is 0 Å². The van der Waals surface area contributed by atoms with Crippen molar-refractivity contribution >= 4 is 21.6 Å². The molecule has 1 N–H and O–H groups in total. The highest BCUT2D eigenvalue weighted by atomic mass is 79.9. The molecule has 1 aliphatic carbocycles. The number of halogens is 1. The van der Waals surface area contributed by atoms with E-state index in [9.17, 15) is 10.1 Å². The van der Waals surface area contributed by atoms with Crippen LogP contribution in [0.5, 0.6) is 0 Å². The molecule has 0 amide bonds. The highest BCUT2D eigenvalue weighted by Gasteiger charge is 2.28. The second-order valence-electron chi connectivity index (χ2n) is 5.09. The van der Waals surface area contributed by atoms with Crippen molar-refractivity contribution in [2.75, 3.05) is 6.54 Å². The molecule has 1 saturated carbocycles. The molecular formula is C14H19BrN2O2. The maximum Gasteiger partial charge on any atom is 0.273 e. The Balaban J connectivity index is 2.16. The molecule has 1 aromatic carbocycles. The summed E-state index contributed by atoms with van der Waals surface area (Å²) in [7, 11) is 0. The molecule has 0 aromatic heterocycles. The molecule has 0 saturated heterocycles. The van der Waals surface area contributed by atoms with Crippen molar-refractivity contribution in [1.82, 2.24) is 5.32 Å². The number of hydrogen-bond acceptors (Lipinski definition) is 3. The molecule has 5 heteroatoms. The zero-order valence-electron chi connectivity index (χ0n) is 11.1. The molecule has 0 heterocycles. The van der Waals surface area contributed by atoms with Crippen LogP contribution in [-0.4, -0.2) is 17.5 Å². The van der Waals surface area contributed by atoms with Gasteiger partial charge in [0.05, 0.1) is 4.92 Å². The van der Waals surface area contributed by atoms with Crippen molar-refractivity contribution in [3.8, 4) is 0 Å². The largest absolute Gasteiger partial charge is 0.314 e. The number of nitro benzene ring substituents is 1. The average Bonchev–Trinajstić information content (AvgIpc) is 2.79. The van der Waals surface area contributed by atoms with E-state index in [1.165, 1.54) is 12.8 Å². The van der Waals surface area contributed by atoms with E-state index in [0.29, 0.717) is 12.0 Å². The normalized spacial score (nSPS) is 22.6. The summed E-state index contributed by atoms with van der Waals surface area (Å²) in [6, 6.07) is 5.88. The van der Waals surface area contributed by atoms with E-state index >= 15 is 0 Å². The van der Waals surface area contributed by atoms with Gasteiger partial charge in [-0.15, -0.1) is 0 Å². The van der Waals surface area contributed by atoms with Gasteiger partial charge in [-0.3, -0.25) is 10.1 Å². The Morgan fingerprint density at radius 2 is 2.26 bits per heavy atom. The van der Waals surface area contributed by atoms with Crippen molar-refractivity contribution in [3.05, 3.63) is 38.3 Å². The Hall–Kier alpha value is -0.940. The molecule has 1 fully saturated rings. The third-order valence-corrected chi connectivity index (χ3v) is 4.34. The summed E-state index contributed by atoms with van der Waals surface area (Å²) in [4.78, 5) is 10.8. The summed E-state index contributed by atoms with van der Waals surface area (Å²) in [5.41, 5.74) is 1.08. The lowest BCUT2D eigenvalue weighted by Gasteiger charge is -2.20. The molecular weight excluding hydrogens is 308 g/mol. The lowest BCUT2D eigenvalue weighted by atomic mass is 9.93. The van der Waals surface area contributed by atoms with Crippen LogP contribution < -0.4 is 5.32 Å². The van der Waals surface area contributed by atoms with Crippen molar-refractivity contribution in [2.45, 2.75) is 38.6 Å². The number of rotatable bonds is 5. The summed E-state index contributed by atoms with van der Waals surface area (Å²) < 4.78 is 0.762. The van der Waals surface area contributed by atoms with E-state index in [0.717, 1.165) is 29.4 Å². The smallest absolute Gasteiger partial charge is 0.273 e. The number of nitrogens with one attached hydrogen (secondary N) is 1. The Labute approximate surface area is 121 Å². The van der Waals surface area contributed by atoms with Crippen LogP contribution in [0, 0.1) is 16.0 Å². The summed E-state index contributed by atoms with van der Waals surface area (Å²) in [5, 5.41) is 14.6. The number of hydrogen-bond donors (Lipinski definition) is 1. The van der Waals surface area contributed by atoms with E-state index in [4.69, 9.17) is 0 Å². The first-order chi connectivity index (χ1) is 9.11. The van der Waals surface area contributed by atoms with Gasteiger partial charge in [-0.1, -0.05) is 35.3 Å². The van der Waals surface area contributed by atoms with Gasteiger partial charge in [0, 0.05) is 22.1 Å². The predicted octanol–water partition coefficient (Wildman–Crippen LogP) is 3.68. The number of nitrogens with zero attached hydrogens (tertiary/aromatic N) is 1. The van der Waals surface area contributed by atoms with Crippen LogP contribution in [0.4, 0.5) is 5.69 Å². The Kier molecular flexibility index (Phi) is 4.93. The monoisotopic (exact) mass is 326 g/mol. The molecule has 104 valence electrons. The van der Waals surface area contributed by atoms with Gasteiger partial charge in [-0.25, -0.2) is 0 Å². The summed E-state index contributed by atoms with van der Waals surface area (Å²) >= 11 is 3.30. The van der Waals surface area contributed by atoms with Crippen LogP contribution in [0.15, 0.2) is 22.7 Å². The van der Waals surface area contributed by atoms with Crippen LogP contribution >= 0.6 is 15.9 Å². The van der Waals surface area contributed by atoms with E-state index in [2.05, 4.69) is 28.2 Å². The van der Waals surface area contributed by atoms with Crippen LogP contribution in [-0.2, 0) is 6.42 Å². The van der Waals surface area contributed by atoms with Gasteiger partial charge in [0.15, 0.2) is 0 Å². The molecule has 0 bridgehead atoms. The zero-order chi connectivity index (χ0) is 13.8. The second kappa shape index (κ2) is 6.48. The summed E-state index contributed by atoms with van der Waals surface area (Å²) in [6.07, 6.45) is 4.35. The molecule has 0 radical (unpaired) electrons. The van der Waals surface area contributed by atoms with Gasteiger partial charge in [0.1, 0.15) is 0 Å². The minimum Gasteiger partial charge on any atom is -0.314 e. The first-order valence-corrected chi connectivity index (χ1v) is 7.57. The molecule has 2 unspecified atom stereocenters. The van der Waals surface area contributed by atoms with Gasteiger partial charge in [-0.2, -0.15) is 0 Å². The van der Waals surface area contributed by atoms with E-state index in [1.54, 1.807) is 6.07 Å². The standard InChI is InChI=1S/C14H19BrN2O2/c1-2-16-13-5-3-4-10(13)8-11-6-7-12(15)9-14(11)17(18)19/h6-7,9-10,13,16H,2-5,8H2,1H3. The van der Waals surface area contributed by atoms with E-state index in [1.807, 2.05) is 12.1 Å². The number of nitro groups is 1. The maximum absolute atomic E-state index is 11.1. The van der Waals surface area contributed by atoms with Gasteiger partial charge >= 0.3 is 0 Å². The van der Waals surface area contributed by atoms with Gasteiger partial charge in [0.25, 0.3) is 5.69 Å². The minimum atomic E-state index is -0.280. The second-order valence-corrected chi connectivity index (χ2v) is 6.01. The first-order valence-electron chi connectivity index (χ1n) is 6.78. The molecule has 2 rings (SSSR count).